The van der Waals surface area contributed by atoms with Gasteiger partial charge in [-0.2, -0.15) is 0 Å². The summed E-state index contributed by atoms with van der Waals surface area (Å²) in [5, 5.41) is 7.86. The number of rotatable bonds is 6. The number of carbonyl (C=O) groups is 1. The van der Waals surface area contributed by atoms with E-state index in [1.165, 1.54) is 17.8 Å². The monoisotopic (exact) mass is 451 g/mol. The highest BCUT2D eigenvalue weighted by Crippen LogP contribution is 2.21. The van der Waals surface area contributed by atoms with E-state index < -0.39 is 0 Å². The Kier molecular flexibility index (Phi) is 10.4. The molecule has 2 heterocycles. The highest BCUT2D eigenvalue weighted by atomic mass is 35.5. The van der Waals surface area contributed by atoms with Gasteiger partial charge in [-0.1, -0.05) is 11.6 Å². The molecule has 2 N–H and O–H groups in total. The molecule has 2 aromatic rings. The van der Waals surface area contributed by atoms with Gasteiger partial charge in [-0.25, -0.2) is 4.98 Å². The Morgan fingerprint density at radius 3 is 2.78 bits per heavy atom. The molecular weight excluding hydrogens is 429 g/mol. The number of thiazole rings is 1. The molecule has 9 heteroatoms. The lowest BCUT2D eigenvalue weighted by Gasteiger charge is -2.22. The fourth-order valence-corrected chi connectivity index (χ4v) is 3.84. The molecule has 1 fully saturated rings. The van der Waals surface area contributed by atoms with Crippen molar-refractivity contribution in [3.63, 3.8) is 0 Å². The first kappa shape index (κ1) is 24.0. The van der Waals surface area contributed by atoms with Crippen LogP contribution < -0.4 is 15.4 Å². The molecule has 150 valence electrons. The van der Waals surface area contributed by atoms with Crippen molar-refractivity contribution in [2.24, 2.45) is 5.92 Å². The minimum atomic E-state index is -0.0432. The number of nitrogens with one attached hydrogen (secondary N) is 2. The van der Waals surface area contributed by atoms with Gasteiger partial charge in [0.05, 0.1) is 5.69 Å². The van der Waals surface area contributed by atoms with Crippen molar-refractivity contribution in [1.82, 2.24) is 15.6 Å². The van der Waals surface area contributed by atoms with Crippen molar-refractivity contribution in [2.75, 3.05) is 19.6 Å². The van der Waals surface area contributed by atoms with Crippen molar-refractivity contribution in [3.8, 4) is 5.75 Å². The second-order valence-corrected chi connectivity index (χ2v) is 7.71. The molecule has 1 unspecified atom stereocenters. The van der Waals surface area contributed by atoms with Crippen LogP contribution in [0, 0.1) is 12.8 Å². The molecule has 1 aliphatic heterocycles. The topological polar surface area (TPSA) is 63.2 Å². The maximum Gasteiger partial charge on any atom is 0.263 e. The lowest BCUT2D eigenvalue weighted by Crippen LogP contribution is -2.38. The molecule has 1 amide bonds. The number of halogens is 3. The SMILES string of the molecule is Cc1nc(COc2ccc(Cl)cc2)sc1C(=O)NCC1CCCNC1.Cl.Cl. The summed E-state index contributed by atoms with van der Waals surface area (Å²) in [5.41, 5.74) is 0.749. The molecular formula is C18H24Cl3N3O2S. The zero-order valence-electron chi connectivity index (χ0n) is 15.0. The van der Waals surface area contributed by atoms with Gasteiger partial charge in [0.1, 0.15) is 22.2 Å². The van der Waals surface area contributed by atoms with Crippen LogP contribution in [0.5, 0.6) is 5.75 Å². The van der Waals surface area contributed by atoms with Gasteiger partial charge in [-0.15, -0.1) is 36.2 Å². The first-order valence-corrected chi connectivity index (χ1v) is 9.65. The molecule has 1 aromatic carbocycles. The third kappa shape index (κ3) is 7.12. The van der Waals surface area contributed by atoms with E-state index in [9.17, 15) is 4.79 Å². The lowest BCUT2D eigenvalue weighted by atomic mass is 10.00. The summed E-state index contributed by atoms with van der Waals surface area (Å²) >= 11 is 7.25. The molecule has 0 bridgehead atoms. The van der Waals surface area contributed by atoms with Crippen molar-refractivity contribution < 1.29 is 9.53 Å². The number of carbonyl (C=O) groups excluding carboxylic acids is 1. The van der Waals surface area contributed by atoms with Gasteiger partial charge < -0.3 is 15.4 Å². The second kappa shape index (κ2) is 11.7. The molecule has 27 heavy (non-hydrogen) atoms. The number of ether oxygens (including phenoxy) is 1. The molecule has 0 radical (unpaired) electrons. The molecule has 1 saturated heterocycles. The van der Waals surface area contributed by atoms with E-state index >= 15 is 0 Å². The minimum Gasteiger partial charge on any atom is -0.486 e. The van der Waals surface area contributed by atoms with Crippen LogP contribution in [0.25, 0.3) is 0 Å². The first-order chi connectivity index (χ1) is 12.1. The van der Waals surface area contributed by atoms with E-state index in [1.807, 2.05) is 19.1 Å². The Bertz CT molecular complexity index is 719. The van der Waals surface area contributed by atoms with Gasteiger partial charge in [0, 0.05) is 11.6 Å². The van der Waals surface area contributed by atoms with Crippen LogP contribution in [-0.2, 0) is 6.61 Å². The Morgan fingerprint density at radius 2 is 2.11 bits per heavy atom. The normalized spacial score (nSPS) is 16.0. The zero-order valence-corrected chi connectivity index (χ0v) is 18.2. The van der Waals surface area contributed by atoms with E-state index in [-0.39, 0.29) is 30.7 Å². The number of benzene rings is 1. The highest BCUT2D eigenvalue weighted by molar-refractivity contribution is 7.13. The van der Waals surface area contributed by atoms with Crippen LogP contribution >= 0.6 is 47.8 Å². The predicted octanol–water partition coefficient (Wildman–Crippen LogP) is 4.26. The van der Waals surface area contributed by atoms with Crippen molar-refractivity contribution >= 4 is 53.7 Å². The van der Waals surface area contributed by atoms with E-state index in [1.54, 1.807) is 12.1 Å². The highest BCUT2D eigenvalue weighted by Gasteiger charge is 2.18. The Hall–Kier alpha value is -1.05. The third-order valence-corrected chi connectivity index (χ3v) is 5.55. The van der Waals surface area contributed by atoms with Crippen LogP contribution in [0.4, 0.5) is 0 Å². The summed E-state index contributed by atoms with van der Waals surface area (Å²) in [4.78, 5) is 17.5. The average Bonchev–Trinajstić information content (AvgIpc) is 3.01. The Balaban J connectivity index is 0.00000182. The maximum atomic E-state index is 12.4. The molecule has 1 aliphatic rings. The summed E-state index contributed by atoms with van der Waals surface area (Å²) in [6, 6.07) is 7.19. The van der Waals surface area contributed by atoms with Gasteiger partial charge in [0.15, 0.2) is 0 Å². The maximum absolute atomic E-state index is 12.4. The summed E-state index contributed by atoms with van der Waals surface area (Å²) in [6.45, 7) is 4.96. The summed E-state index contributed by atoms with van der Waals surface area (Å²) in [7, 11) is 0. The second-order valence-electron chi connectivity index (χ2n) is 6.19. The third-order valence-electron chi connectivity index (χ3n) is 4.17. The molecule has 3 rings (SSSR count). The fourth-order valence-electron chi connectivity index (χ4n) is 2.82. The van der Waals surface area contributed by atoms with E-state index in [2.05, 4.69) is 15.6 Å². The van der Waals surface area contributed by atoms with Crippen molar-refractivity contribution in [2.45, 2.75) is 26.4 Å². The van der Waals surface area contributed by atoms with Crippen LogP contribution in [0.1, 0.15) is 33.2 Å². The van der Waals surface area contributed by atoms with Crippen molar-refractivity contribution in [1.29, 1.82) is 0 Å². The van der Waals surface area contributed by atoms with Gasteiger partial charge in [-0.3, -0.25) is 4.79 Å². The van der Waals surface area contributed by atoms with Crippen LogP contribution in [-0.4, -0.2) is 30.5 Å². The first-order valence-electron chi connectivity index (χ1n) is 8.45. The number of aromatic nitrogens is 1. The van der Waals surface area contributed by atoms with Crippen LogP contribution in [0.15, 0.2) is 24.3 Å². The predicted molar refractivity (Wildman–Crippen MR) is 115 cm³/mol. The minimum absolute atomic E-state index is 0. The average molecular weight is 453 g/mol. The van der Waals surface area contributed by atoms with E-state index in [4.69, 9.17) is 16.3 Å². The fraction of sp³-hybridized carbons (Fsp3) is 0.444. The van der Waals surface area contributed by atoms with E-state index in [0.717, 1.165) is 36.0 Å². The Labute approximate surface area is 181 Å². The number of amides is 1. The molecule has 0 spiro atoms. The quantitative estimate of drug-likeness (QED) is 0.687. The van der Waals surface area contributed by atoms with Gasteiger partial charge in [0.2, 0.25) is 0 Å². The molecule has 0 saturated carbocycles. The van der Waals surface area contributed by atoms with Gasteiger partial charge in [-0.05, 0) is 63.0 Å². The van der Waals surface area contributed by atoms with Gasteiger partial charge in [0.25, 0.3) is 5.91 Å². The van der Waals surface area contributed by atoms with Gasteiger partial charge >= 0.3 is 0 Å². The molecule has 5 nitrogen and oxygen atoms in total. The summed E-state index contributed by atoms with van der Waals surface area (Å²) in [6.07, 6.45) is 2.33. The molecule has 0 aliphatic carbocycles. The number of hydrogen-bond acceptors (Lipinski definition) is 5. The van der Waals surface area contributed by atoms with Crippen LogP contribution in [0.2, 0.25) is 5.02 Å². The van der Waals surface area contributed by atoms with Crippen LogP contribution in [0.3, 0.4) is 0 Å². The summed E-state index contributed by atoms with van der Waals surface area (Å²) < 4.78 is 5.70. The Morgan fingerprint density at radius 1 is 1.37 bits per heavy atom. The largest absolute Gasteiger partial charge is 0.486 e. The zero-order chi connectivity index (χ0) is 17.6. The molecule has 1 atom stereocenters. The number of piperidine rings is 1. The van der Waals surface area contributed by atoms with E-state index in [0.29, 0.717) is 29.0 Å². The number of aryl methyl sites for hydroxylation is 1. The number of nitrogens with zero attached hydrogens (tertiary/aromatic N) is 1. The summed E-state index contributed by atoms with van der Waals surface area (Å²) in [5.74, 6) is 1.20. The molecule has 1 aromatic heterocycles. The smallest absolute Gasteiger partial charge is 0.263 e. The number of hydrogen-bond donors (Lipinski definition) is 2. The lowest BCUT2D eigenvalue weighted by molar-refractivity contribution is 0.0948. The van der Waals surface area contributed by atoms with Crippen molar-refractivity contribution in [3.05, 3.63) is 44.9 Å². The standard InChI is InChI=1S/C18H22ClN3O2S.2ClH/c1-12-17(18(23)21-10-13-3-2-8-20-9-13)25-16(22-12)11-24-15-6-4-14(19)5-7-15;;/h4-7,13,20H,2-3,8-11H2,1H3,(H,21,23);2*1H.